The predicted molar refractivity (Wildman–Crippen MR) is 54.0 cm³/mol. The minimum atomic E-state index is -0.596. The molecule has 0 aromatic carbocycles. The average Bonchev–Trinajstić information content (AvgIpc) is 2.31. The number of pyridine rings is 1. The Hall–Kier alpha value is -2.57. The molecule has 0 saturated heterocycles. The summed E-state index contributed by atoms with van der Waals surface area (Å²) in [6, 6.07) is 3.14. The first-order valence-corrected chi connectivity index (χ1v) is 4.36. The highest BCUT2D eigenvalue weighted by molar-refractivity contribution is 5.96. The Morgan fingerprint density at radius 3 is 2.69 bits per heavy atom. The molecule has 2 N–H and O–H groups in total. The van der Waals surface area contributed by atoms with E-state index in [2.05, 4.69) is 25.3 Å². The first-order valence-electron chi connectivity index (χ1n) is 4.36. The van der Waals surface area contributed by atoms with Crippen molar-refractivity contribution in [3.8, 4) is 0 Å². The summed E-state index contributed by atoms with van der Waals surface area (Å²) >= 11 is 0. The quantitative estimate of drug-likeness (QED) is 0.770. The molecule has 0 aliphatic rings. The molecule has 0 saturated carbocycles. The Morgan fingerprint density at radius 2 is 2.00 bits per heavy atom. The molecule has 2 aromatic rings. The molecule has 7 heteroatoms. The summed E-state index contributed by atoms with van der Waals surface area (Å²) in [7, 11) is 0. The van der Waals surface area contributed by atoms with E-state index in [4.69, 9.17) is 5.73 Å². The summed E-state index contributed by atoms with van der Waals surface area (Å²) in [6.07, 6.45) is 4.11. The molecule has 0 bridgehead atoms. The molecule has 2 rings (SSSR count). The van der Waals surface area contributed by atoms with Gasteiger partial charge in [0.2, 0.25) is 0 Å². The number of nitrogens with zero attached hydrogens (tertiary/aromatic N) is 5. The molecule has 0 fully saturated rings. The Morgan fingerprint density at radius 1 is 1.25 bits per heavy atom. The number of rotatable bonds is 3. The molecule has 0 spiro atoms. The Labute approximate surface area is 90.8 Å². The number of primary amides is 1. The Bertz CT molecular complexity index is 500. The third kappa shape index (κ3) is 2.08. The minimum Gasteiger partial charge on any atom is -0.365 e. The van der Waals surface area contributed by atoms with Gasteiger partial charge in [-0.15, -0.1) is 0 Å². The average molecular weight is 215 g/mol. The topological polar surface area (TPSA) is 109 Å². The van der Waals surface area contributed by atoms with Crippen LogP contribution in [0.25, 0.3) is 0 Å². The van der Waals surface area contributed by atoms with E-state index < -0.39 is 5.91 Å². The van der Waals surface area contributed by atoms with Crippen molar-refractivity contribution in [2.75, 3.05) is 0 Å². The number of carbonyl (C=O) groups excluding carboxylic acids is 1. The third-order valence-corrected chi connectivity index (χ3v) is 1.74. The maximum absolute atomic E-state index is 11.1. The summed E-state index contributed by atoms with van der Waals surface area (Å²) in [6.45, 7) is 0. The van der Waals surface area contributed by atoms with Crippen molar-refractivity contribution in [3.63, 3.8) is 0 Å². The van der Waals surface area contributed by atoms with Gasteiger partial charge in [0.15, 0.2) is 5.82 Å². The number of nitrogens with two attached hydrogens (primary N) is 1. The van der Waals surface area contributed by atoms with E-state index in [9.17, 15) is 4.79 Å². The van der Waals surface area contributed by atoms with Gasteiger partial charge < -0.3 is 5.73 Å². The van der Waals surface area contributed by atoms with Crippen LogP contribution in [-0.2, 0) is 0 Å². The van der Waals surface area contributed by atoms with Crippen LogP contribution in [0, 0.1) is 0 Å². The van der Waals surface area contributed by atoms with Gasteiger partial charge in [0.25, 0.3) is 11.9 Å². The van der Waals surface area contributed by atoms with Gasteiger partial charge in [-0.3, -0.25) is 4.79 Å². The Balaban J connectivity index is 2.31. The molecule has 2 heterocycles. The summed E-state index contributed by atoms with van der Waals surface area (Å²) < 4.78 is 0. The lowest BCUT2D eigenvalue weighted by Crippen LogP contribution is -2.14. The maximum Gasteiger partial charge on any atom is 0.254 e. The number of carbonyl (C=O) groups is 1. The molecule has 79 valence electrons. The smallest absolute Gasteiger partial charge is 0.254 e. The van der Waals surface area contributed by atoms with Crippen LogP contribution in [0.4, 0.5) is 11.8 Å². The van der Waals surface area contributed by atoms with Crippen molar-refractivity contribution in [1.29, 1.82) is 0 Å². The van der Waals surface area contributed by atoms with Crippen LogP contribution in [0.2, 0.25) is 0 Å². The zero-order valence-corrected chi connectivity index (χ0v) is 8.11. The lowest BCUT2D eigenvalue weighted by molar-refractivity contribution is 0.100. The third-order valence-electron chi connectivity index (χ3n) is 1.74. The first-order chi connectivity index (χ1) is 7.77. The highest BCUT2D eigenvalue weighted by Gasteiger charge is 2.11. The summed E-state index contributed by atoms with van der Waals surface area (Å²) in [5, 5.41) is 3.99. The lowest BCUT2D eigenvalue weighted by atomic mass is 10.2. The molecule has 16 heavy (non-hydrogen) atoms. The summed E-state index contributed by atoms with van der Waals surface area (Å²) in [5.41, 5.74) is 5.40. The fourth-order valence-corrected chi connectivity index (χ4v) is 1.06. The molecular weight excluding hydrogens is 208 g/mol. The van der Waals surface area contributed by atoms with Gasteiger partial charge in [-0.05, 0) is 12.1 Å². The van der Waals surface area contributed by atoms with Crippen molar-refractivity contribution in [1.82, 2.24) is 25.3 Å². The maximum atomic E-state index is 11.1. The second-order valence-corrected chi connectivity index (χ2v) is 2.79. The summed E-state index contributed by atoms with van der Waals surface area (Å²) in [5.74, 6) is -0.224. The van der Waals surface area contributed by atoms with Crippen LogP contribution in [0.15, 0.2) is 31.0 Å². The number of hydrogen-bond acceptors (Lipinski definition) is 5. The van der Waals surface area contributed by atoms with E-state index >= 15 is 0 Å². The number of amides is 1. The van der Waals surface area contributed by atoms with Gasteiger partial charge in [0, 0.05) is 6.20 Å². The van der Waals surface area contributed by atoms with E-state index in [0.29, 0.717) is 0 Å². The van der Waals surface area contributed by atoms with Crippen molar-refractivity contribution in [3.05, 3.63) is 36.5 Å². The molecule has 2 aromatic heterocycles. The first kappa shape index (κ1) is 9.97. The van der Waals surface area contributed by atoms with E-state index in [0.717, 1.165) is 0 Å². The predicted octanol–water partition coefficient (Wildman–Crippen LogP) is -0.0669. The molecule has 0 unspecified atom stereocenters. The minimum absolute atomic E-state index is 0.177. The fourth-order valence-electron chi connectivity index (χ4n) is 1.06. The molecule has 7 nitrogen and oxygen atoms in total. The van der Waals surface area contributed by atoms with E-state index in [1.807, 2.05) is 0 Å². The summed E-state index contributed by atoms with van der Waals surface area (Å²) in [4.78, 5) is 26.2. The van der Waals surface area contributed by atoms with E-state index in [1.165, 1.54) is 24.9 Å². The van der Waals surface area contributed by atoms with Gasteiger partial charge in [0.05, 0.1) is 5.56 Å². The van der Waals surface area contributed by atoms with Crippen LogP contribution in [0.3, 0.4) is 0 Å². The highest BCUT2D eigenvalue weighted by Crippen LogP contribution is 2.14. The monoisotopic (exact) mass is 215 g/mol. The largest absolute Gasteiger partial charge is 0.365 e. The zero-order chi connectivity index (χ0) is 11.4. The number of aromatic nitrogens is 4. The van der Waals surface area contributed by atoms with Gasteiger partial charge in [0.1, 0.15) is 12.7 Å². The van der Waals surface area contributed by atoms with Crippen molar-refractivity contribution in [2.45, 2.75) is 0 Å². The molecule has 0 aliphatic carbocycles. The molecule has 1 amide bonds. The standard InChI is InChI=1S/C9H7N6O/c10-7(16)6-2-1-3-12-8(6)15-9-13-4-11-5-14-9/h1-5H,(H2,10,16). The van der Waals surface area contributed by atoms with Gasteiger partial charge in [-0.2, -0.15) is 15.3 Å². The van der Waals surface area contributed by atoms with Crippen LogP contribution in [0.1, 0.15) is 10.4 Å². The van der Waals surface area contributed by atoms with E-state index in [-0.39, 0.29) is 17.3 Å². The fraction of sp³-hybridized carbons (Fsp3) is 0. The SMILES string of the molecule is NC(=O)c1cccnc1[N]c1ncncn1. The van der Waals surface area contributed by atoms with Crippen LogP contribution in [-0.4, -0.2) is 25.8 Å². The van der Waals surface area contributed by atoms with E-state index in [1.54, 1.807) is 6.07 Å². The normalized spacial score (nSPS) is 9.75. The van der Waals surface area contributed by atoms with Gasteiger partial charge in [-0.1, -0.05) is 0 Å². The second kappa shape index (κ2) is 4.30. The highest BCUT2D eigenvalue weighted by atomic mass is 16.1. The van der Waals surface area contributed by atoms with Gasteiger partial charge in [-0.25, -0.2) is 9.97 Å². The second-order valence-electron chi connectivity index (χ2n) is 2.79. The molecule has 1 radical (unpaired) electrons. The van der Waals surface area contributed by atoms with Crippen molar-refractivity contribution < 1.29 is 4.79 Å². The van der Waals surface area contributed by atoms with Crippen LogP contribution < -0.4 is 11.1 Å². The van der Waals surface area contributed by atoms with Crippen LogP contribution in [0.5, 0.6) is 0 Å². The Kier molecular flexibility index (Phi) is 2.68. The van der Waals surface area contributed by atoms with Crippen molar-refractivity contribution in [2.24, 2.45) is 5.73 Å². The van der Waals surface area contributed by atoms with Crippen LogP contribution >= 0.6 is 0 Å². The van der Waals surface area contributed by atoms with Gasteiger partial charge >= 0.3 is 0 Å². The van der Waals surface area contributed by atoms with Crippen molar-refractivity contribution >= 4 is 17.7 Å². The molecule has 0 aliphatic heterocycles. The zero-order valence-electron chi connectivity index (χ0n) is 8.11. The number of hydrogen-bond donors (Lipinski definition) is 1. The lowest BCUT2D eigenvalue weighted by Gasteiger charge is -2.03. The molecular formula is C9H7N6O. The molecule has 0 atom stereocenters.